The predicted octanol–water partition coefficient (Wildman–Crippen LogP) is 1.98. The van der Waals surface area contributed by atoms with Gasteiger partial charge in [-0.2, -0.15) is 0 Å². The molecule has 3 N–H and O–H groups in total. The van der Waals surface area contributed by atoms with Gasteiger partial charge in [0.25, 0.3) is 17.7 Å². The number of thiophene rings is 1. The highest BCUT2D eigenvalue weighted by atomic mass is 35.5. The Labute approximate surface area is 141 Å². The molecule has 0 fully saturated rings. The molecule has 1 heterocycles. The van der Waals surface area contributed by atoms with Crippen LogP contribution >= 0.6 is 22.9 Å². The monoisotopic (exact) mass is 351 g/mol. The Bertz CT molecular complexity index is 701. The van der Waals surface area contributed by atoms with E-state index < -0.39 is 17.9 Å². The number of carbonyl (C=O) groups excluding carboxylic acids is 3. The van der Waals surface area contributed by atoms with E-state index in [9.17, 15) is 14.4 Å². The van der Waals surface area contributed by atoms with Crippen LogP contribution in [0.1, 0.15) is 27.0 Å². The third-order valence-electron chi connectivity index (χ3n) is 2.89. The molecule has 0 aliphatic heterocycles. The van der Waals surface area contributed by atoms with Crippen molar-refractivity contribution in [2.75, 3.05) is 0 Å². The molecule has 0 spiro atoms. The summed E-state index contributed by atoms with van der Waals surface area (Å²) in [5.74, 6) is -1.35. The number of carbonyl (C=O) groups is 3. The smallest absolute Gasteiger partial charge is 0.269 e. The molecule has 120 valence electrons. The second-order valence-electron chi connectivity index (χ2n) is 4.62. The molecule has 6 nitrogen and oxygen atoms in total. The maximum atomic E-state index is 11.9. The Morgan fingerprint density at radius 1 is 1.04 bits per heavy atom. The fourth-order valence-corrected chi connectivity index (χ4v) is 2.39. The second kappa shape index (κ2) is 7.75. The largest absolute Gasteiger partial charge is 0.340 e. The first-order valence-corrected chi connectivity index (χ1v) is 7.93. The number of hydrogen-bond donors (Lipinski definition) is 3. The van der Waals surface area contributed by atoms with Gasteiger partial charge in [0.05, 0.1) is 4.88 Å². The van der Waals surface area contributed by atoms with Gasteiger partial charge in [0.15, 0.2) is 0 Å². The highest BCUT2D eigenvalue weighted by Crippen LogP contribution is 2.09. The highest BCUT2D eigenvalue weighted by Gasteiger charge is 2.17. The van der Waals surface area contributed by atoms with Crippen molar-refractivity contribution in [3.05, 3.63) is 57.2 Å². The van der Waals surface area contributed by atoms with Crippen LogP contribution in [0.25, 0.3) is 0 Å². The maximum Gasteiger partial charge on any atom is 0.269 e. The predicted molar refractivity (Wildman–Crippen MR) is 88.3 cm³/mol. The van der Waals surface area contributed by atoms with Crippen molar-refractivity contribution in [2.45, 2.75) is 13.0 Å². The Morgan fingerprint density at radius 3 is 2.35 bits per heavy atom. The van der Waals surface area contributed by atoms with Crippen LogP contribution in [0.3, 0.4) is 0 Å². The molecular formula is C15H14ClN3O3S. The third kappa shape index (κ3) is 4.80. The van der Waals surface area contributed by atoms with E-state index in [0.29, 0.717) is 15.5 Å². The summed E-state index contributed by atoms with van der Waals surface area (Å²) in [4.78, 5) is 36.1. The van der Waals surface area contributed by atoms with E-state index in [1.807, 2.05) is 0 Å². The number of hydrazine groups is 1. The van der Waals surface area contributed by atoms with E-state index in [0.717, 1.165) is 0 Å². The average molecular weight is 352 g/mol. The van der Waals surface area contributed by atoms with Gasteiger partial charge in [-0.1, -0.05) is 17.7 Å². The van der Waals surface area contributed by atoms with Gasteiger partial charge in [0.1, 0.15) is 6.04 Å². The molecule has 1 aromatic carbocycles. The number of benzene rings is 1. The molecule has 2 aromatic rings. The van der Waals surface area contributed by atoms with Crippen LogP contribution in [-0.2, 0) is 4.79 Å². The second-order valence-corrected chi connectivity index (χ2v) is 6.01. The molecule has 23 heavy (non-hydrogen) atoms. The Morgan fingerprint density at radius 2 is 1.74 bits per heavy atom. The molecule has 8 heteroatoms. The van der Waals surface area contributed by atoms with E-state index >= 15 is 0 Å². The number of amides is 3. The quantitative estimate of drug-likeness (QED) is 0.736. The van der Waals surface area contributed by atoms with Crippen LogP contribution in [0, 0.1) is 0 Å². The molecule has 3 amide bonds. The average Bonchev–Trinajstić information content (AvgIpc) is 3.07. The summed E-state index contributed by atoms with van der Waals surface area (Å²) in [6.07, 6.45) is 0. The summed E-state index contributed by atoms with van der Waals surface area (Å²) in [5.41, 5.74) is 4.89. The Hall–Kier alpha value is -2.38. The van der Waals surface area contributed by atoms with Crippen LogP contribution in [0.15, 0.2) is 41.8 Å². The molecule has 1 aromatic heterocycles. The zero-order chi connectivity index (χ0) is 16.8. The summed E-state index contributed by atoms with van der Waals surface area (Å²) in [5, 5.41) is 4.82. The van der Waals surface area contributed by atoms with Crippen molar-refractivity contribution < 1.29 is 14.4 Å². The van der Waals surface area contributed by atoms with Crippen molar-refractivity contribution >= 4 is 40.7 Å². The number of halogens is 1. The molecule has 0 aliphatic carbocycles. The summed E-state index contributed by atoms with van der Waals surface area (Å²) >= 11 is 7.01. The summed E-state index contributed by atoms with van der Waals surface area (Å²) in [6, 6.07) is 8.82. The van der Waals surface area contributed by atoms with Gasteiger partial charge in [-0.05, 0) is 42.6 Å². The minimum atomic E-state index is -0.796. The molecule has 0 saturated carbocycles. The van der Waals surface area contributed by atoms with E-state index in [4.69, 9.17) is 11.6 Å². The van der Waals surface area contributed by atoms with Gasteiger partial charge in [-0.25, -0.2) is 0 Å². The lowest BCUT2D eigenvalue weighted by atomic mass is 10.2. The van der Waals surface area contributed by atoms with E-state index in [1.54, 1.807) is 29.6 Å². The molecular weight excluding hydrogens is 338 g/mol. The van der Waals surface area contributed by atoms with Crippen LogP contribution in [0.5, 0.6) is 0 Å². The number of nitrogens with one attached hydrogen (secondary N) is 3. The van der Waals surface area contributed by atoms with Gasteiger partial charge < -0.3 is 5.32 Å². The van der Waals surface area contributed by atoms with Crippen LogP contribution in [-0.4, -0.2) is 23.8 Å². The van der Waals surface area contributed by atoms with E-state index in [-0.39, 0.29) is 5.91 Å². The number of hydrogen-bond acceptors (Lipinski definition) is 4. The third-order valence-corrected chi connectivity index (χ3v) is 4.01. The molecule has 0 saturated heterocycles. The summed E-state index contributed by atoms with van der Waals surface area (Å²) < 4.78 is 0. The molecule has 1 atom stereocenters. The fourth-order valence-electron chi connectivity index (χ4n) is 1.64. The first-order chi connectivity index (χ1) is 11.0. The molecule has 1 unspecified atom stereocenters. The Kier molecular flexibility index (Phi) is 5.72. The minimum absolute atomic E-state index is 0.341. The van der Waals surface area contributed by atoms with Crippen molar-refractivity contribution in [1.29, 1.82) is 0 Å². The zero-order valence-corrected chi connectivity index (χ0v) is 13.7. The van der Waals surface area contributed by atoms with Gasteiger partial charge >= 0.3 is 0 Å². The Balaban J connectivity index is 1.83. The summed E-state index contributed by atoms with van der Waals surface area (Å²) in [6.45, 7) is 1.52. The van der Waals surface area contributed by atoms with Crippen molar-refractivity contribution in [3.8, 4) is 0 Å². The first kappa shape index (κ1) is 17.0. The van der Waals surface area contributed by atoms with Crippen LogP contribution < -0.4 is 16.2 Å². The van der Waals surface area contributed by atoms with Gasteiger partial charge in [0, 0.05) is 10.6 Å². The van der Waals surface area contributed by atoms with E-state index in [1.165, 1.54) is 30.4 Å². The van der Waals surface area contributed by atoms with E-state index in [2.05, 4.69) is 16.2 Å². The zero-order valence-electron chi connectivity index (χ0n) is 12.1. The van der Waals surface area contributed by atoms with Gasteiger partial charge in [-0.15, -0.1) is 11.3 Å². The highest BCUT2D eigenvalue weighted by molar-refractivity contribution is 7.12. The van der Waals surface area contributed by atoms with Gasteiger partial charge in [0.2, 0.25) is 0 Å². The van der Waals surface area contributed by atoms with Crippen molar-refractivity contribution in [1.82, 2.24) is 16.2 Å². The lowest BCUT2D eigenvalue weighted by Gasteiger charge is -2.14. The lowest BCUT2D eigenvalue weighted by molar-refractivity contribution is -0.123. The molecule has 0 bridgehead atoms. The summed E-state index contributed by atoms with van der Waals surface area (Å²) in [7, 11) is 0. The van der Waals surface area contributed by atoms with Crippen molar-refractivity contribution in [3.63, 3.8) is 0 Å². The van der Waals surface area contributed by atoms with Crippen LogP contribution in [0.4, 0.5) is 0 Å². The molecule has 0 radical (unpaired) electrons. The lowest BCUT2D eigenvalue weighted by Crippen LogP contribution is -2.51. The number of rotatable bonds is 4. The minimum Gasteiger partial charge on any atom is -0.340 e. The van der Waals surface area contributed by atoms with Gasteiger partial charge in [-0.3, -0.25) is 25.2 Å². The fraction of sp³-hybridized carbons (Fsp3) is 0.133. The SMILES string of the molecule is CC(NC(=O)c1cccs1)C(=O)NNC(=O)c1ccc(Cl)cc1. The topological polar surface area (TPSA) is 87.3 Å². The first-order valence-electron chi connectivity index (χ1n) is 6.67. The standard InChI is InChI=1S/C15H14ClN3O3S/c1-9(17-15(22)12-3-2-8-23-12)13(20)18-19-14(21)10-4-6-11(16)7-5-10/h2-9H,1H3,(H,17,22)(H,18,20)(H,19,21). The normalized spacial score (nSPS) is 11.4. The maximum absolute atomic E-state index is 11.9. The molecule has 0 aliphatic rings. The van der Waals surface area contributed by atoms with Crippen molar-refractivity contribution in [2.24, 2.45) is 0 Å². The van der Waals surface area contributed by atoms with Crippen LogP contribution in [0.2, 0.25) is 5.02 Å². The molecule has 2 rings (SSSR count).